The number of phenols is 1. The van der Waals surface area contributed by atoms with Gasteiger partial charge in [0.15, 0.2) is 11.6 Å². The molecule has 0 fully saturated rings. The summed E-state index contributed by atoms with van der Waals surface area (Å²) in [6, 6.07) is 10.2. The number of fused-ring (bicyclic) bond motifs is 2. The average Bonchev–Trinajstić information content (AvgIpc) is 2.78. The van der Waals surface area contributed by atoms with Crippen LogP contribution in [0.2, 0.25) is 0 Å². The number of benzene rings is 3. The van der Waals surface area contributed by atoms with Crippen LogP contribution < -0.4 is 14.2 Å². The number of carbonyl (C=O) groups is 2. The van der Waals surface area contributed by atoms with Gasteiger partial charge >= 0.3 is 0 Å². The Balaban J connectivity index is 2.13. The summed E-state index contributed by atoms with van der Waals surface area (Å²) in [6.07, 6.45) is 0. The zero-order chi connectivity index (χ0) is 22.4. The van der Waals surface area contributed by atoms with Crippen LogP contribution in [0.25, 0.3) is 16.3 Å². The second-order valence-corrected chi connectivity index (χ2v) is 7.31. The molecule has 1 aliphatic carbocycles. The third kappa shape index (κ3) is 2.79. The smallest absolute Gasteiger partial charge is 0.198 e. The number of ether oxygens (including phenoxy) is 3. The van der Waals surface area contributed by atoms with Crippen LogP contribution in [0.4, 0.5) is 0 Å². The average molecular weight is 418 g/mol. The lowest BCUT2D eigenvalue weighted by Crippen LogP contribution is -2.21. The van der Waals surface area contributed by atoms with Gasteiger partial charge in [-0.05, 0) is 26.0 Å². The van der Waals surface area contributed by atoms with Crippen LogP contribution in [0.1, 0.15) is 38.8 Å². The molecule has 6 heteroatoms. The SMILES string of the molecule is COc1cccc2c1C(=O)C(c1c(C)c(OC)c3cccc(OC)c3c1O)=C(C)C2=O. The minimum atomic E-state index is -0.390. The van der Waals surface area contributed by atoms with Crippen LogP contribution in [-0.4, -0.2) is 38.0 Å². The van der Waals surface area contributed by atoms with E-state index in [1.54, 1.807) is 50.2 Å². The highest BCUT2D eigenvalue weighted by atomic mass is 16.5. The Hall–Kier alpha value is -3.80. The predicted octanol–water partition coefficient (Wildman–Crippen LogP) is 4.73. The molecule has 1 N–H and O–H groups in total. The number of Topliss-reactive ketones (excluding diaryl/α,β-unsaturated/α-hetero) is 2. The molecule has 0 atom stereocenters. The third-order valence-electron chi connectivity index (χ3n) is 5.79. The maximum atomic E-state index is 13.7. The largest absolute Gasteiger partial charge is 0.506 e. The standard InChI is InChI=1S/C25H22O6/c1-12-18(23(27)20-14(22(12)26)8-6-10-16(20)29-3)19-13(2)25(31-5)15-9-7-11-17(30-4)21(15)24(19)28/h6-11,28H,1-5H3. The van der Waals surface area contributed by atoms with Gasteiger partial charge in [0.1, 0.15) is 23.0 Å². The molecule has 31 heavy (non-hydrogen) atoms. The minimum absolute atomic E-state index is 0.128. The first-order valence-electron chi connectivity index (χ1n) is 9.71. The maximum absolute atomic E-state index is 13.7. The van der Waals surface area contributed by atoms with E-state index in [0.29, 0.717) is 33.6 Å². The van der Waals surface area contributed by atoms with Crippen LogP contribution in [0, 0.1) is 6.92 Å². The minimum Gasteiger partial charge on any atom is -0.506 e. The van der Waals surface area contributed by atoms with E-state index in [1.807, 2.05) is 0 Å². The first-order chi connectivity index (χ1) is 14.9. The lowest BCUT2D eigenvalue weighted by molar-refractivity contribution is 0.0989. The van der Waals surface area contributed by atoms with Gasteiger partial charge in [0.25, 0.3) is 0 Å². The molecule has 0 unspecified atom stereocenters. The van der Waals surface area contributed by atoms with Crippen molar-refractivity contribution in [2.24, 2.45) is 0 Å². The van der Waals surface area contributed by atoms with Crippen molar-refractivity contribution >= 4 is 27.9 Å². The Morgan fingerprint density at radius 2 is 1.42 bits per heavy atom. The molecular formula is C25H22O6. The molecule has 0 aliphatic heterocycles. The molecule has 0 saturated carbocycles. The van der Waals surface area contributed by atoms with Crippen LogP contribution in [0.5, 0.6) is 23.0 Å². The molecule has 0 aromatic heterocycles. The van der Waals surface area contributed by atoms with Crippen LogP contribution in [-0.2, 0) is 0 Å². The number of ketones is 2. The summed E-state index contributed by atoms with van der Waals surface area (Å²) in [6.45, 7) is 3.35. The van der Waals surface area contributed by atoms with Crippen LogP contribution >= 0.6 is 0 Å². The fourth-order valence-electron chi connectivity index (χ4n) is 4.36. The van der Waals surface area contributed by atoms with Crippen molar-refractivity contribution in [1.29, 1.82) is 0 Å². The number of hydrogen-bond acceptors (Lipinski definition) is 6. The Kier molecular flexibility index (Phi) is 4.93. The highest BCUT2D eigenvalue weighted by molar-refractivity contribution is 6.42. The number of rotatable bonds is 4. The molecule has 0 spiro atoms. The molecule has 0 heterocycles. The number of carbonyl (C=O) groups excluding carboxylic acids is 2. The monoisotopic (exact) mass is 418 g/mol. The normalized spacial score (nSPS) is 13.5. The molecule has 4 rings (SSSR count). The van der Waals surface area contributed by atoms with Crippen molar-refractivity contribution in [3.63, 3.8) is 0 Å². The van der Waals surface area contributed by atoms with E-state index in [0.717, 1.165) is 0 Å². The van der Waals surface area contributed by atoms with Gasteiger partial charge in [-0.15, -0.1) is 0 Å². The Morgan fingerprint density at radius 1 is 0.774 bits per heavy atom. The fourth-order valence-corrected chi connectivity index (χ4v) is 4.36. The van der Waals surface area contributed by atoms with Crippen molar-refractivity contribution in [2.75, 3.05) is 21.3 Å². The van der Waals surface area contributed by atoms with Gasteiger partial charge in [0.2, 0.25) is 0 Å². The van der Waals surface area contributed by atoms with E-state index in [2.05, 4.69) is 0 Å². The molecule has 3 aromatic carbocycles. The van der Waals surface area contributed by atoms with E-state index in [9.17, 15) is 14.7 Å². The molecule has 0 radical (unpaired) electrons. The van der Waals surface area contributed by atoms with Gasteiger partial charge in [-0.1, -0.05) is 24.3 Å². The number of phenolic OH excluding ortho intramolecular Hbond substituents is 1. The van der Waals surface area contributed by atoms with E-state index >= 15 is 0 Å². The Bertz CT molecular complexity index is 1300. The number of methoxy groups -OCH3 is 3. The molecule has 1 aliphatic rings. The van der Waals surface area contributed by atoms with Crippen molar-refractivity contribution < 1.29 is 28.9 Å². The van der Waals surface area contributed by atoms with Gasteiger partial charge in [0, 0.05) is 33.2 Å². The highest BCUT2D eigenvalue weighted by Crippen LogP contribution is 2.49. The van der Waals surface area contributed by atoms with Crippen molar-refractivity contribution in [2.45, 2.75) is 13.8 Å². The molecule has 0 bridgehead atoms. The number of aromatic hydroxyl groups is 1. The highest BCUT2D eigenvalue weighted by Gasteiger charge is 2.36. The first kappa shape index (κ1) is 20.5. The van der Waals surface area contributed by atoms with Gasteiger partial charge in [-0.3, -0.25) is 9.59 Å². The van der Waals surface area contributed by atoms with Crippen LogP contribution in [0.15, 0.2) is 42.0 Å². The summed E-state index contributed by atoms with van der Waals surface area (Å²) in [5, 5.41) is 12.4. The zero-order valence-electron chi connectivity index (χ0n) is 18.0. The van der Waals surface area contributed by atoms with E-state index < -0.39 is 0 Å². The molecule has 6 nitrogen and oxygen atoms in total. The zero-order valence-corrected chi connectivity index (χ0v) is 18.0. The summed E-state index contributed by atoms with van der Waals surface area (Å²) in [5.41, 5.74) is 1.65. The molecule has 0 saturated heterocycles. The van der Waals surface area contributed by atoms with Gasteiger partial charge < -0.3 is 19.3 Å². The van der Waals surface area contributed by atoms with Crippen molar-refractivity contribution in [3.05, 3.63) is 64.2 Å². The van der Waals surface area contributed by atoms with Gasteiger partial charge in [-0.2, -0.15) is 0 Å². The second kappa shape index (κ2) is 7.47. The van der Waals surface area contributed by atoms with Crippen molar-refractivity contribution in [3.8, 4) is 23.0 Å². The molecule has 0 amide bonds. The molecule has 158 valence electrons. The van der Waals surface area contributed by atoms with E-state index in [-0.39, 0.29) is 45.2 Å². The van der Waals surface area contributed by atoms with Crippen LogP contribution in [0.3, 0.4) is 0 Å². The van der Waals surface area contributed by atoms with Gasteiger partial charge in [0.05, 0.1) is 32.3 Å². The van der Waals surface area contributed by atoms with E-state index in [1.165, 1.54) is 21.3 Å². The molecule has 3 aromatic rings. The second-order valence-electron chi connectivity index (χ2n) is 7.31. The Morgan fingerprint density at radius 3 is 2.06 bits per heavy atom. The summed E-state index contributed by atoms with van der Waals surface area (Å²) in [7, 11) is 4.47. The Labute approximate surface area is 179 Å². The fraction of sp³-hybridized carbons (Fsp3) is 0.200. The third-order valence-corrected chi connectivity index (χ3v) is 5.79. The summed E-state index contributed by atoms with van der Waals surface area (Å²) >= 11 is 0. The maximum Gasteiger partial charge on any atom is 0.198 e. The first-order valence-corrected chi connectivity index (χ1v) is 9.71. The lowest BCUT2D eigenvalue weighted by atomic mass is 9.79. The summed E-state index contributed by atoms with van der Waals surface area (Å²) in [5.74, 6) is 0.414. The quantitative estimate of drug-likeness (QED) is 0.660. The predicted molar refractivity (Wildman–Crippen MR) is 118 cm³/mol. The summed E-state index contributed by atoms with van der Waals surface area (Å²) < 4.78 is 16.5. The summed E-state index contributed by atoms with van der Waals surface area (Å²) in [4.78, 5) is 26.8. The lowest BCUT2D eigenvalue weighted by Gasteiger charge is -2.24. The van der Waals surface area contributed by atoms with Gasteiger partial charge in [-0.25, -0.2) is 0 Å². The van der Waals surface area contributed by atoms with Crippen molar-refractivity contribution in [1.82, 2.24) is 0 Å². The topological polar surface area (TPSA) is 82.1 Å². The number of allylic oxidation sites excluding steroid dienone is 2. The molecular weight excluding hydrogens is 396 g/mol. The van der Waals surface area contributed by atoms with E-state index in [4.69, 9.17) is 14.2 Å². The number of hydrogen-bond donors (Lipinski definition) is 1.